The summed E-state index contributed by atoms with van der Waals surface area (Å²) in [7, 11) is 1.62. The van der Waals surface area contributed by atoms with Gasteiger partial charge < -0.3 is 19.5 Å². The van der Waals surface area contributed by atoms with Crippen LogP contribution in [0.2, 0.25) is 5.02 Å². The Bertz CT molecular complexity index is 1590. The molecule has 38 heavy (non-hydrogen) atoms. The third-order valence-corrected chi connectivity index (χ3v) is 7.13. The molecule has 0 saturated heterocycles. The molecule has 0 spiro atoms. The van der Waals surface area contributed by atoms with Crippen LogP contribution in [-0.4, -0.2) is 32.4 Å². The Hall–Kier alpha value is -4.49. The molecule has 0 aliphatic carbocycles. The van der Waals surface area contributed by atoms with Gasteiger partial charge in [0.25, 0.3) is 0 Å². The number of benzene rings is 3. The topological polar surface area (TPSA) is 64.3 Å². The molecule has 5 aromatic rings. The highest BCUT2D eigenvalue weighted by Gasteiger charge is 2.36. The number of nitrogens with zero attached hydrogens (tertiary/aromatic N) is 4. The smallest absolute Gasteiger partial charge is 0.322 e. The van der Waals surface area contributed by atoms with Crippen LogP contribution in [-0.2, 0) is 6.54 Å². The maximum atomic E-state index is 14.0. The van der Waals surface area contributed by atoms with Gasteiger partial charge in [-0.05, 0) is 73.2 Å². The van der Waals surface area contributed by atoms with Gasteiger partial charge in [0, 0.05) is 22.5 Å². The van der Waals surface area contributed by atoms with E-state index in [1.807, 2.05) is 108 Å². The summed E-state index contributed by atoms with van der Waals surface area (Å²) in [6.07, 6.45) is 2.03. The number of aryl methyl sites for hydroxylation is 1. The number of anilines is 1. The van der Waals surface area contributed by atoms with Crippen molar-refractivity contribution in [3.8, 4) is 17.3 Å². The van der Waals surface area contributed by atoms with Gasteiger partial charge in [-0.3, -0.25) is 0 Å². The highest BCUT2D eigenvalue weighted by Crippen LogP contribution is 2.39. The summed E-state index contributed by atoms with van der Waals surface area (Å²) >= 11 is 6.24. The highest BCUT2D eigenvalue weighted by atomic mass is 35.5. The number of halogens is 1. The van der Waals surface area contributed by atoms with Gasteiger partial charge in [-0.15, -0.1) is 0 Å². The highest BCUT2D eigenvalue weighted by molar-refractivity contribution is 6.30. The monoisotopic (exact) mass is 523 g/mol. The number of carbonyl (C=O) groups excluding carboxylic acids is 1. The summed E-state index contributed by atoms with van der Waals surface area (Å²) in [5.74, 6) is 1.65. The predicted octanol–water partition coefficient (Wildman–Crippen LogP) is 6.77. The summed E-state index contributed by atoms with van der Waals surface area (Å²) in [6.45, 7) is 2.36. The van der Waals surface area contributed by atoms with Crippen molar-refractivity contribution in [2.24, 2.45) is 0 Å². The SMILES string of the molecule is COc1ccc(NC(=O)N2Cc3c(C)nn(-c4ccccc4)c3-n3cccc3[C@H]2c2ccc(Cl)cc2)cc1. The standard InChI is InChI=1S/C30H26ClN5O2/c1-20-26-19-35(30(37)32-23-14-16-25(38-2)17-15-23)28(21-10-12-22(31)13-11-21)27-9-6-18-34(27)29(26)36(33-20)24-7-4-3-5-8-24/h3-18,28H,19H2,1-2H3,(H,32,37)/t28-/m1/s1. The molecule has 3 heterocycles. The number of carbonyl (C=O) groups is 1. The maximum absolute atomic E-state index is 14.0. The van der Waals surface area contributed by atoms with Crippen molar-refractivity contribution in [3.63, 3.8) is 0 Å². The molecule has 2 amide bonds. The van der Waals surface area contributed by atoms with E-state index in [2.05, 4.69) is 16.0 Å². The quantitative estimate of drug-likeness (QED) is 0.283. The Morgan fingerprint density at radius 1 is 0.974 bits per heavy atom. The first-order valence-corrected chi connectivity index (χ1v) is 12.7. The fourth-order valence-electron chi connectivity index (χ4n) is 5.01. The minimum Gasteiger partial charge on any atom is -0.497 e. The van der Waals surface area contributed by atoms with Gasteiger partial charge in [0.1, 0.15) is 11.6 Å². The van der Waals surface area contributed by atoms with Crippen LogP contribution in [0.1, 0.15) is 28.6 Å². The molecule has 1 aliphatic rings. The van der Waals surface area contributed by atoms with E-state index in [4.69, 9.17) is 21.4 Å². The molecule has 0 bridgehead atoms. The number of methoxy groups -OCH3 is 1. The van der Waals surface area contributed by atoms with E-state index in [1.54, 1.807) is 7.11 Å². The molecule has 1 aliphatic heterocycles. The first-order valence-electron chi connectivity index (χ1n) is 12.3. The van der Waals surface area contributed by atoms with E-state index >= 15 is 0 Å². The van der Waals surface area contributed by atoms with Crippen LogP contribution >= 0.6 is 11.6 Å². The second-order valence-corrected chi connectivity index (χ2v) is 9.62. The van der Waals surface area contributed by atoms with Crippen molar-refractivity contribution in [3.05, 3.63) is 125 Å². The average Bonchev–Trinajstić information content (AvgIpc) is 3.50. The van der Waals surface area contributed by atoms with Gasteiger partial charge >= 0.3 is 6.03 Å². The number of hydrogen-bond acceptors (Lipinski definition) is 3. The zero-order valence-corrected chi connectivity index (χ0v) is 21.8. The number of nitrogens with one attached hydrogen (secondary N) is 1. The Balaban J connectivity index is 1.50. The number of rotatable bonds is 4. The predicted molar refractivity (Wildman–Crippen MR) is 148 cm³/mol. The van der Waals surface area contributed by atoms with Crippen LogP contribution in [0.3, 0.4) is 0 Å². The van der Waals surface area contributed by atoms with Gasteiger partial charge in [-0.25, -0.2) is 9.48 Å². The van der Waals surface area contributed by atoms with Crippen molar-refractivity contribution in [1.82, 2.24) is 19.2 Å². The van der Waals surface area contributed by atoms with Gasteiger partial charge in [-0.1, -0.05) is 41.9 Å². The zero-order valence-electron chi connectivity index (χ0n) is 21.0. The normalized spacial score (nSPS) is 14.4. The molecule has 8 heteroatoms. The zero-order chi connectivity index (χ0) is 26.2. The minimum atomic E-state index is -0.364. The van der Waals surface area contributed by atoms with E-state index in [9.17, 15) is 4.79 Å². The lowest BCUT2D eigenvalue weighted by Gasteiger charge is -2.31. The Labute approximate surface area is 225 Å². The van der Waals surface area contributed by atoms with Gasteiger partial charge in [0.05, 0.1) is 36.8 Å². The second-order valence-electron chi connectivity index (χ2n) is 9.18. The lowest BCUT2D eigenvalue weighted by Crippen LogP contribution is -2.38. The Kier molecular flexibility index (Phi) is 6.13. The lowest BCUT2D eigenvalue weighted by atomic mass is 10.0. The second kappa shape index (κ2) is 9.76. The van der Waals surface area contributed by atoms with Gasteiger partial charge in [0.2, 0.25) is 0 Å². The van der Waals surface area contributed by atoms with Gasteiger partial charge in [-0.2, -0.15) is 5.10 Å². The van der Waals surface area contributed by atoms with Crippen LogP contribution in [0, 0.1) is 6.92 Å². The number of urea groups is 1. The van der Waals surface area contributed by atoms with E-state index in [-0.39, 0.29) is 12.1 Å². The van der Waals surface area contributed by atoms with E-state index in [0.717, 1.165) is 39.8 Å². The molecule has 1 N–H and O–H groups in total. The van der Waals surface area contributed by atoms with Crippen molar-refractivity contribution in [1.29, 1.82) is 0 Å². The van der Waals surface area contributed by atoms with Crippen molar-refractivity contribution in [2.75, 3.05) is 12.4 Å². The molecule has 7 nitrogen and oxygen atoms in total. The first kappa shape index (κ1) is 23.9. The molecule has 1 atom stereocenters. The Morgan fingerprint density at radius 2 is 1.71 bits per heavy atom. The summed E-state index contributed by atoms with van der Waals surface area (Å²) in [4.78, 5) is 15.8. The molecular formula is C30H26ClN5O2. The van der Waals surface area contributed by atoms with Crippen molar-refractivity contribution in [2.45, 2.75) is 19.5 Å². The number of amides is 2. The van der Waals surface area contributed by atoms with E-state index in [1.165, 1.54) is 0 Å². The average molecular weight is 524 g/mol. The minimum absolute atomic E-state index is 0.220. The maximum Gasteiger partial charge on any atom is 0.322 e. The van der Waals surface area contributed by atoms with Crippen LogP contribution in [0.4, 0.5) is 10.5 Å². The van der Waals surface area contributed by atoms with Crippen LogP contribution < -0.4 is 10.1 Å². The summed E-state index contributed by atoms with van der Waals surface area (Å²) < 4.78 is 9.36. The van der Waals surface area contributed by atoms with E-state index < -0.39 is 0 Å². The fourth-order valence-corrected chi connectivity index (χ4v) is 5.14. The summed E-state index contributed by atoms with van der Waals surface area (Å²) in [5, 5.41) is 8.62. The number of fused-ring (bicyclic) bond motifs is 3. The molecule has 0 saturated carbocycles. The number of ether oxygens (including phenoxy) is 1. The molecule has 3 aromatic carbocycles. The molecule has 0 unspecified atom stereocenters. The molecule has 0 fully saturated rings. The van der Waals surface area contributed by atoms with Gasteiger partial charge in [0.15, 0.2) is 0 Å². The number of para-hydroxylation sites is 1. The first-order chi connectivity index (χ1) is 18.5. The molecule has 0 radical (unpaired) electrons. The molecular weight excluding hydrogens is 498 g/mol. The van der Waals surface area contributed by atoms with Crippen molar-refractivity contribution >= 4 is 23.3 Å². The lowest BCUT2D eigenvalue weighted by molar-refractivity contribution is 0.194. The van der Waals surface area contributed by atoms with E-state index in [0.29, 0.717) is 17.3 Å². The molecule has 2 aromatic heterocycles. The van der Waals surface area contributed by atoms with Crippen molar-refractivity contribution < 1.29 is 9.53 Å². The summed E-state index contributed by atoms with van der Waals surface area (Å²) in [5.41, 5.74) is 5.39. The third kappa shape index (κ3) is 4.21. The fraction of sp³-hybridized carbons (Fsp3) is 0.133. The molecule has 6 rings (SSSR count). The summed E-state index contributed by atoms with van der Waals surface area (Å²) in [6, 6.07) is 28.5. The van der Waals surface area contributed by atoms with Crippen LogP contribution in [0.5, 0.6) is 5.75 Å². The number of hydrogen-bond donors (Lipinski definition) is 1. The largest absolute Gasteiger partial charge is 0.497 e. The third-order valence-electron chi connectivity index (χ3n) is 6.87. The van der Waals surface area contributed by atoms with Crippen LogP contribution in [0.15, 0.2) is 97.2 Å². The Morgan fingerprint density at radius 3 is 2.42 bits per heavy atom. The number of aromatic nitrogens is 3. The molecule has 190 valence electrons. The van der Waals surface area contributed by atoms with Crippen LogP contribution in [0.25, 0.3) is 11.5 Å².